The minimum absolute atomic E-state index is 0.194. The van der Waals surface area contributed by atoms with Gasteiger partial charge in [0.05, 0.1) is 0 Å². The van der Waals surface area contributed by atoms with E-state index in [1.54, 1.807) is 12.1 Å². The second-order valence-electron chi connectivity index (χ2n) is 7.17. The molecule has 0 radical (unpaired) electrons. The minimum Gasteiger partial charge on any atom is -0.406 e. The molecule has 138 valence electrons. The van der Waals surface area contributed by atoms with Gasteiger partial charge in [0, 0.05) is 12.1 Å². The lowest BCUT2D eigenvalue weighted by Crippen LogP contribution is -2.35. The van der Waals surface area contributed by atoms with E-state index in [0.717, 1.165) is 17.2 Å². The third kappa shape index (κ3) is 3.73. The number of benzene rings is 2. The number of nitrogens with zero attached hydrogens (tertiary/aromatic N) is 1. The smallest absolute Gasteiger partial charge is 0.406 e. The summed E-state index contributed by atoms with van der Waals surface area (Å²) in [6.07, 6.45) is 1.80. The van der Waals surface area contributed by atoms with Crippen LogP contribution >= 0.6 is 0 Å². The van der Waals surface area contributed by atoms with E-state index in [1.807, 2.05) is 0 Å². The summed E-state index contributed by atoms with van der Waals surface area (Å²) in [5, 5.41) is 0. The van der Waals surface area contributed by atoms with E-state index in [2.05, 4.69) is 33.9 Å². The lowest BCUT2D eigenvalue weighted by Gasteiger charge is -2.34. The number of alkyl halides is 3. The van der Waals surface area contributed by atoms with Crippen LogP contribution in [0.2, 0.25) is 0 Å². The Morgan fingerprint density at radius 2 is 1.46 bits per heavy atom. The summed E-state index contributed by atoms with van der Waals surface area (Å²) in [5.74, 6) is -0.194. The standard InChI is InChI=1S/C21H22F3NO/c22-21(23,24)26-19-11-8-16(9-12-19)15-4-6-17(7-5-15)20-13-10-18-3-1-2-14-25(18)20/h4-9,11-12,18,20H,1-3,10,13-14H2. The van der Waals surface area contributed by atoms with Gasteiger partial charge in [-0.2, -0.15) is 0 Å². The van der Waals surface area contributed by atoms with Crippen LogP contribution in [-0.4, -0.2) is 23.8 Å². The predicted molar refractivity (Wildman–Crippen MR) is 94.9 cm³/mol. The number of hydrogen-bond donors (Lipinski definition) is 0. The first-order valence-electron chi connectivity index (χ1n) is 9.21. The van der Waals surface area contributed by atoms with E-state index in [4.69, 9.17) is 0 Å². The first kappa shape index (κ1) is 17.4. The number of fused-ring (bicyclic) bond motifs is 1. The Morgan fingerprint density at radius 3 is 2.12 bits per heavy atom. The average molecular weight is 361 g/mol. The van der Waals surface area contributed by atoms with Crippen molar-refractivity contribution in [1.29, 1.82) is 0 Å². The summed E-state index contributed by atoms with van der Waals surface area (Å²) in [6.45, 7) is 1.19. The van der Waals surface area contributed by atoms with E-state index < -0.39 is 6.36 Å². The summed E-state index contributed by atoms with van der Waals surface area (Å²) >= 11 is 0. The van der Waals surface area contributed by atoms with E-state index in [0.29, 0.717) is 6.04 Å². The molecule has 0 amide bonds. The highest BCUT2D eigenvalue weighted by atomic mass is 19.4. The molecule has 0 bridgehead atoms. The fraction of sp³-hybridized carbons (Fsp3) is 0.429. The zero-order valence-electron chi connectivity index (χ0n) is 14.5. The Balaban J connectivity index is 1.48. The predicted octanol–water partition coefficient (Wildman–Crippen LogP) is 5.94. The third-order valence-corrected chi connectivity index (χ3v) is 5.56. The van der Waals surface area contributed by atoms with Crippen LogP contribution in [0, 0.1) is 0 Å². The molecule has 2 aromatic rings. The maximum absolute atomic E-state index is 12.2. The van der Waals surface area contributed by atoms with Crippen LogP contribution in [0.5, 0.6) is 5.75 Å². The molecule has 0 N–H and O–H groups in total. The highest BCUT2D eigenvalue weighted by Crippen LogP contribution is 2.40. The summed E-state index contributed by atoms with van der Waals surface area (Å²) in [7, 11) is 0. The van der Waals surface area contributed by atoms with Crippen LogP contribution in [0.15, 0.2) is 48.5 Å². The van der Waals surface area contributed by atoms with Gasteiger partial charge in [-0.15, -0.1) is 13.2 Å². The van der Waals surface area contributed by atoms with Crippen molar-refractivity contribution in [3.63, 3.8) is 0 Å². The lowest BCUT2D eigenvalue weighted by molar-refractivity contribution is -0.274. The van der Waals surface area contributed by atoms with Gasteiger partial charge in [0.25, 0.3) is 0 Å². The molecule has 5 heteroatoms. The van der Waals surface area contributed by atoms with Crippen molar-refractivity contribution in [2.45, 2.75) is 50.6 Å². The van der Waals surface area contributed by atoms with Crippen molar-refractivity contribution in [2.75, 3.05) is 6.54 Å². The Bertz CT molecular complexity index is 739. The van der Waals surface area contributed by atoms with Crippen LogP contribution in [0.1, 0.15) is 43.7 Å². The van der Waals surface area contributed by atoms with Gasteiger partial charge in [-0.3, -0.25) is 4.90 Å². The maximum atomic E-state index is 12.2. The Labute approximate surface area is 151 Å². The van der Waals surface area contributed by atoms with Crippen LogP contribution in [0.25, 0.3) is 11.1 Å². The van der Waals surface area contributed by atoms with Crippen LogP contribution < -0.4 is 4.74 Å². The van der Waals surface area contributed by atoms with Gasteiger partial charge >= 0.3 is 6.36 Å². The van der Waals surface area contributed by atoms with Crippen molar-refractivity contribution >= 4 is 0 Å². The molecule has 0 spiro atoms. The van der Waals surface area contributed by atoms with Gasteiger partial charge in [0.2, 0.25) is 0 Å². The van der Waals surface area contributed by atoms with Crippen molar-refractivity contribution in [2.24, 2.45) is 0 Å². The molecule has 4 rings (SSSR count). The lowest BCUT2D eigenvalue weighted by atomic mass is 9.99. The molecule has 0 aliphatic carbocycles. The average Bonchev–Trinajstić information content (AvgIpc) is 3.05. The molecule has 0 saturated carbocycles. The molecule has 2 nitrogen and oxygen atoms in total. The quantitative estimate of drug-likeness (QED) is 0.671. The summed E-state index contributed by atoms with van der Waals surface area (Å²) in [6, 6.07) is 15.7. The van der Waals surface area contributed by atoms with E-state index in [9.17, 15) is 13.2 Å². The van der Waals surface area contributed by atoms with Crippen molar-refractivity contribution < 1.29 is 17.9 Å². The normalized spacial score (nSPS) is 23.7. The van der Waals surface area contributed by atoms with Crippen molar-refractivity contribution in [3.8, 4) is 16.9 Å². The minimum atomic E-state index is -4.66. The number of halogens is 3. The van der Waals surface area contributed by atoms with Gasteiger partial charge in [-0.05, 0) is 61.1 Å². The zero-order valence-corrected chi connectivity index (χ0v) is 14.5. The Morgan fingerprint density at radius 1 is 0.808 bits per heavy atom. The van der Waals surface area contributed by atoms with Crippen LogP contribution in [0.3, 0.4) is 0 Å². The van der Waals surface area contributed by atoms with E-state index in [-0.39, 0.29) is 5.75 Å². The maximum Gasteiger partial charge on any atom is 0.573 e. The second kappa shape index (κ2) is 6.95. The molecule has 2 aliphatic rings. The topological polar surface area (TPSA) is 12.5 Å². The molecule has 2 aliphatic heterocycles. The SMILES string of the molecule is FC(F)(F)Oc1ccc(-c2ccc(C3CCC4CCCCN43)cc2)cc1. The molecule has 2 fully saturated rings. The molecule has 2 unspecified atom stereocenters. The highest BCUT2D eigenvalue weighted by Gasteiger charge is 2.35. The second-order valence-corrected chi connectivity index (χ2v) is 7.17. The molecule has 2 aromatic carbocycles. The third-order valence-electron chi connectivity index (χ3n) is 5.56. The zero-order chi connectivity index (χ0) is 18.1. The number of rotatable bonds is 3. The summed E-state index contributed by atoms with van der Waals surface area (Å²) in [5.41, 5.74) is 3.23. The van der Waals surface area contributed by atoms with Gasteiger partial charge < -0.3 is 4.74 Å². The van der Waals surface area contributed by atoms with Gasteiger partial charge in [0.15, 0.2) is 0 Å². The Kier molecular flexibility index (Phi) is 4.65. The largest absolute Gasteiger partial charge is 0.573 e. The molecule has 2 saturated heterocycles. The first-order chi connectivity index (χ1) is 12.5. The van der Waals surface area contributed by atoms with Gasteiger partial charge in [0.1, 0.15) is 5.75 Å². The molecular weight excluding hydrogens is 339 g/mol. The monoisotopic (exact) mass is 361 g/mol. The summed E-state index contributed by atoms with van der Waals surface area (Å²) < 4.78 is 40.7. The summed E-state index contributed by atoms with van der Waals surface area (Å²) in [4.78, 5) is 2.65. The van der Waals surface area contributed by atoms with Crippen LogP contribution in [-0.2, 0) is 0 Å². The van der Waals surface area contributed by atoms with Crippen LogP contribution in [0.4, 0.5) is 13.2 Å². The molecule has 0 aromatic heterocycles. The van der Waals surface area contributed by atoms with E-state index in [1.165, 1.54) is 56.3 Å². The Hall–Kier alpha value is -2.01. The molecule has 2 atom stereocenters. The van der Waals surface area contributed by atoms with E-state index >= 15 is 0 Å². The first-order valence-corrected chi connectivity index (χ1v) is 9.21. The number of piperidine rings is 1. The fourth-order valence-electron chi connectivity index (χ4n) is 4.36. The number of hydrogen-bond acceptors (Lipinski definition) is 2. The fourth-order valence-corrected chi connectivity index (χ4v) is 4.36. The molecule has 2 heterocycles. The molecular formula is C21H22F3NO. The van der Waals surface area contributed by atoms with Crippen molar-refractivity contribution in [3.05, 3.63) is 54.1 Å². The number of ether oxygens (including phenoxy) is 1. The molecule has 26 heavy (non-hydrogen) atoms. The highest BCUT2D eigenvalue weighted by molar-refractivity contribution is 5.64. The van der Waals surface area contributed by atoms with Crippen molar-refractivity contribution in [1.82, 2.24) is 4.90 Å². The van der Waals surface area contributed by atoms with Gasteiger partial charge in [-0.1, -0.05) is 42.8 Å². The van der Waals surface area contributed by atoms with Gasteiger partial charge in [-0.25, -0.2) is 0 Å².